The Hall–Kier alpha value is -1.85. The molecule has 4 atom stereocenters. The second-order valence-electron chi connectivity index (χ2n) is 13.0. The summed E-state index contributed by atoms with van der Waals surface area (Å²) in [5.74, 6) is 2.61. The highest BCUT2D eigenvalue weighted by molar-refractivity contribution is 5.85. The molecule has 2 heterocycles. The Labute approximate surface area is 237 Å². The van der Waals surface area contributed by atoms with Gasteiger partial charge in [0.15, 0.2) is 0 Å². The normalized spacial score (nSPS) is 23.3. The highest BCUT2D eigenvalue weighted by atomic mass is 16.5. The molecule has 218 valence electrons. The zero-order valence-corrected chi connectivity index (χ0v) is 25.7. The van der Waals surface area contributed by atoms with Gasteiger partial charge in [-0.3, -0.25) is 9.69 Å². The SMILES string of the molecule is CCCCCC(C)C(C)c1cc(OC(=O)C(C)CCN2CCOCC2)c2c(c1)OC(C)(C)C1=C2C(C)CCC1. The average molecular weight is 540 g/mol. The number of nitrogens with zero attached hydrogens (tertiary/aromatic N) is 1. The van der Waals surface area contributed by atoms with Crippen LogP contribution in [0.2, 0.25) is 0 Å². The van der Waals surface area contributed by atoms with Crippen LogP contribution in [0.1, 0.15) is 117 Å². The molecule has 1 aromatic rings. The Balaban J connectivity index is 1.64. The Kier molecular flexibility index (Phi) is 10.2. The van der Waals surface area contributed by atoms with Crippen LogP contribution < -0.4 is 9.47 Å². The summed E-state index contributed by atoms with van der Waals surface area (Å²) in [7, 11) is 0. The first-order chi connectivity index (χ1) is 18.6. The van der Waals surface area contributed by atoms with E-state index in [0.717, 1.165) is 63.4 Å². The van der Waals surface area contributed by atoms with Gasteiger partial charge in [-0.1, -0.05) is 60.3 Å². The van der Waals surface area contributed by atoms with Crippen molar-refractivity contribution in [1.82, 2.24) is 4.90 Å². The first kappa shape index (κ1) is 30.1. The van der Waals surface area contributed by atoms with E-state index in [4.69, 9.17) is 14.2 Å². The van der Waals surface area contributed by atoms with Gasteiger partial charge >= 0.3 is 5.97 Å². The summed E-state index contributed by atoms with van der Waals surface area (Å²) in [5.41, 5.74) is 4.62. The number of benzene rings is 1. The zero-order valence-electron chi connectivity index (χ0n) is 25.7. The van der Waals surface area contributed by atoms with E-state index in [2.05, 4.69) is 58.6 Å². The fourth-order valence-corrected chi connectivity index (χ4v) is 6.64. The van der Waals surface area contributed by atoms with Crippen LogP contribution in [0, 0.1) is 17.8 Å². The summed E-state index contributed by atoms with van der Waals surface area (Å²) in [6.07, 6.45) is 9.15. The van der Waals surface area contributed by atoms with Gasteiger partial charge in [0.2, 0.25) is 0 Å². The monoisotopic (exact) mass is 539 g/mol. The highest BCUT2D eigenvalue weighted by Crippen LogP contribution is 2.53. The molecule has 1 fully saturated rings. The van der Waals surface area contributed by atoms with E-state index in [1.54, 1.807) is 0 Å². The standard InChI is InChI=1S/C34H53NO4/c1-8-9-10-12-23(2)26(5)27-21-29(38-33(36)25(4)15-16-35-17-19-37-20-18-35)32-30(22-27)39-34(6,7)28-14-11-13-24(3)31(28)32/h21-26H,8-20H2,1-7H3. The van der Waals surface area contributed by atoms with E-state index in [9.17, 15) is 4.79 Å². The second-order valence-corrected chi connectivity index (χ2v) is 13.0. The number of carbonyl (C=O) groups excluding carboxylic acids is 1. The average Bonchev–Trinajstić information content (AvgIpc) is 2.91. The van der Waals surface area contributed by atoms with Crippen LogP contribution in [-0.2, 0) is 9.53 Å². The summed E-state index contributed by atoms with van der Waals surface area (Å²) in [4.78, 5) is 15.9. The molecule has 1 aromatic carbocycles. The van der Waals surface area contributed by atoms with Gasteiger partial charge in [0, 0.05) is 13.1 Å². The minimum Gasteiger partial charge on any atom is -0.483 e. The maximum atomic E-state index is 13.5. The van der Waals surface area contributed by atoms with Crippen LogP contribution in [0.25, 0.3) is 5.57 Å². The van der Waals surface area contributed by atoms with Crippen LogP contribution in [0.4, 0.5) is 0 Å². The number of hydrogen-bond donors (Lipinski definition) is 0. The predicted octanol–water partition coefficient (Wildman–Crippen LogP) is 8.01. The second kappa shape index (κ2) is 13.2. The maximum Gasteiger partial charge on any atom is 0.314 e. The van der Waals surface area contributed by atoms with Crippen molar-refractivity contribution >= 4 is 11.5 Å². The molecule has 0 saturated carbocycles. The largest absolute Gasteiger partial charge is 0.483 e. The van der Waals surface area contributed by atoms with Gasteiger partial charge in [-0.05, 0) is 92.7 Å². The maximum absolute atomic E-state index is 13.5. The Morgan fingerprint density at radius 1 is 1.13 bits per heavy atom. The van der Waals surface area contributed by atoms with Gasteiger partial charge in [0.25, 0.3) is 0 Å². The quantitative estimate of drug-likeness (QED) is 0.162. The molecule has 4 unspecified atom stereocenters. The van der Waals surface area contributed by atoms with Crippen molar-refractivity contribution in [2.75, 3.05) is 32.8 Å². The van der Waals surface area contributed by atoms with E-state index >= 15 is 0 Å². The fraction of sp³-hybridized carbons (Fsp3) is 0.735. The summed E-state index contributed by atoms with van der Waals surface area (Å²) in [6, 6.07) is 4.42. The third-order valence-corrected chi connectivity index (χ3v) is 9.57. The smallest absolute Gasteiger partial charge is 0.314 e. The van der Waals surface area contributed by atoms with E-state index < -0.39 is 0 Å². The van der Waals surface area contributed by atoms with Crippen molar-refractivity contribution in [2.24, 2.45) is 17.8 Å². The summed E-state index contributed by atoms with van der Waals surface area (Å²) < 4.78 is 18.6. The van der Waals surface area contributed by atoms with Gasteiger partial charge in [-0.25, -0.2) is 0 Å². The van der Waals surface area contributed by atoms with Gasteiger partial charge in [-0.15, -0.1) is 0 Å². The number of rotatable bonds is 11. The first-order valence-electron chi connectivity index (χ1n) is 15.7. The van der Waals surface area contributed by atoms with Crippen LogP contribution in [0.5, 0.6) is 11.5 Å². The Bertz CT molecular complexity index is 1020. The van der Waals surface area contributed by atoms with Gasteiger partial charge in [0.1, 0.15) is 17.1 Å². The Morgan fingerprint density at radius 2 is 1.87 bits per heavy atom. The number of allylic oxidation sites excluding steroid dienone is 1. The molecule has 5 nitrogen and oxygen atoms in total. The fourth-order valence-electron chi connectivity index (χ4n) is 6.64. The third-order valence-electron chi connectivity index (χ3n) is 9.57. The number of morpholine rings is 1. The van der Waals surface area contributed by atoms with Crippen LogP contribution >= 0.6 is 0 Å². The van der Waals surface area contributed by atoms with E-state index in [1.165, 1.54) is 48.8 Å². The van der Waals surface area contributed by atoms with Gasteiger partial charge in [0.05, 0.1) is 24.7 Å². The molecular weight excluding hydrogens is 486 g/mol. The van der Waals surface area contributed by atoms with Crippen molar-refractivity contribution in [3.05, 3.63) is 28.8 Å². The number of esters is 1. The highest BCUT2D eigenvalue weighted by Gasteiger charge is 2.40. The lowest BCUT2D eigenvalue weighted by Crippen LogP contribution is -2.38. The molecule has 0 radical (unpaired) electrons. The number of ether oxygens (including phenoxy) is 3. The molecule has 39 heavy (non-hydrogen) atoms. The number of hydrogen-bond acceptors (Lipinski definition) is 5. The summed E-state index contributed by atoms with van der Waals surface area (Å²) in [6.45, 7) is 20.0. The molecule has 0 spiro atoms. The third kappa shape index (κ3) is 7.08. The zero-order chi connectivity index (χ0) is 28.2. The molecule has 0 aromatic heterocycles. The minimum absolute atomic E-state index is 0.137. The lowest BCUT2D eigenvalue weighted by molar-refractivity contribution is -0.138. The molecule has 0 N–H and O–H groups in total. The molecular formula is C34H53NO4. The van der Waals surface area contributed by atoms with Crippen molar-refractivity contribution in [3.8, 4) is 11.5 Å². The molecule has 1 aliphatic carbocycles. The number of unbranched alkanes of at least 4 members (excludes halogenated alkanes) is 2. The van der Waals surface area contributed by atoms with E-state index in [-0.39, 0.29) is 17.5 Å². The van der Waals surface area contributed by atoms with Crippen molar-refractivity contribution in [2.45, 2.75) is 111 Å². The molecule has 2 aliphatic heterocycles. The van der Waals surface area contributed by atoms with Gasteiger partial charge in [-0.2, -0.15) is 0 Å². The van der Waals surface area contributed by atoms with Crippen LogP contribution in [-0.4, -0.2) is 49.3 Å². The van der Waals surface area contributed by atoms with Crippen LogP contribution in [0.15, 0.2) is 17.7 Å². The van der Waals surface area contributed by atoms with Gasteiger partial charge < -0.3 is 14.2 Å². The lowest BCUT2D eigenvalue weighted by atomic mass is 9.72. The summed E-state index contributed by atoms with van der Waals surface area (Å²) >= 11 is 0. The van der Waals surface area contributed by atoms with E-state index in [0.29, 0.717) is 23.5 Å². The first-order valence-corrected chi connectivity index (χ1v) is 15.7. The molecule has 5 heteroatoms. The number of fused-ring (bicyclic) bond motifs is 2. The molecule has 0 amide bonds. The predicted molar refractivity (Wildman–Crippen MR) is 159 cm³/mol. The van der Waals surface area contributed by atoms with Crippen molar-refractivity contribution in [3.63, 3.8) is 0 Å². The summed E-state index contributed by atoms with van der Waals surface area (Å²) in [5, 5.41) is 0. The molecule has 1 saturated heterocycles. The Morgan fingerprint density at radius 3 is 2.59 bits per heavy atom. The van der Waals surface area contributed by atoms with Crippen molar-refractivity contribution in [1.29, 1.82) is 0 Å². The molecule has 4 rings (SSSR count). The van der Waals surface area contributed by atoms with E-state index in [1.807, 2.05) is 6.92 Å². The van der Waals surface area contributed by atoms with Crippen molar-refractivity contribution < 1.29 is 19.0 Å². The topological polar surface area (TPSA) is 48.0 Å². The molecule has 3 aliphatic rings. The molecule has 0 bridgehead atoms. The number of carbonyl (C=O) groups is 1. The lowest BCUT2D eigenvalue weighted by Gasteiger charge is -2.42. The van der Waals surface area contributed by atoms with Crippen LogP contribution in [0.3, 0.4) is 0 Å². The minimum atomic E-state index is -0.349.